The van der Waals surface area contributed by atoms with Gasteiger partial charge in [0.25, 0.3) is 0 Å². The van der Waals surface area contributed by atoms with Crippen LogP contribution in [0.2, 0.25) is 0 Å². The largest absolute Gasteiger partial charge is 0.256 e. The van der Waals surface area contributed by atoms with Gasteiger partial charge in [-0.25, -0.2) is 0 Å². The van der Waals surface area contributed by atoms with Crippen LogP contribution in [0.15, 0.2) is 36.5 Å². The minimum Gasteiger partial charge on any atom is -0.256 e. The SMILES string of the molecule is ClC1CCCCC(c2ccc3ncccc3c2)C1. The van der Waals surface area contributed by atoms with Gasteiger partial charge in [-0.3, -0.25) is 4.98 Å². The first kappa shape index (κ1) is 12.0. The van der Waals surface area contributed by atoms with Crippen LogP contribution >= 0.6 is 11.6 Å². The molecule has 1 nitrogen and oxygen atoms in total. The number of rotatable bonds is 1. The number of hydrogen-bond acceptors (Lipinski definition) is 1. The maximum absolute atomic E-state index is 6.37. The Balaban J connectivity index is 1.92. The normalized spacial score (nSPS) is 24.9. The lowest BCUT2D eigenvalue weighted by Gasteiger charge is -2.17. The van der Waals surface area contributed by atoms with Crippen molar-refractivity contribution >= 4 is 22.5 Å². The third-order valence-corrected chi connectivity index (χ3v) is 4.36. The maximum atomic E-state index is 6.37. The van der Waals surface area contributed by atoms with Crippen LogP contribution in [-0.2, 0) is 0 Å². The van der Waals surface area contributed by atoms with Gasteiger partial charge in [-0.2, -0.15) is 0 Å². The Labute approximate surface area is 113 Å². The number of fused-ring (bicyclic) bond motifs is 1. The zero-order valence-corrected chi connectivity index (χ0v) is 11.2. The van der Waals surface area contributed by atoms with Crippen LogP contribution in [0.1, 0.15) is 43.6 Å². The highest BCUT2D eigenvalue weighted by Crippen LogP contribution is 2.34. The standard InChI is InChI=1S/C16H18ClN/c17-15-6-2-1-4-12(11-15)13-7-8-16-14(10-13)5-3-9-18-16/h3,5,7-10,12,15H,1-2,4,6,11H2. The average molecular weight is 260 g/mol. The van der Waals surface area contributed by atoms with Gasteiger partial charge in [-0.05, 0) is 48.9 Å². The average Bonchev–Trinajstić information content (AvgIpc) is 2.63. The Bertz CT molecular complexity index is 537. The number of hydrogen-bond donors (Lipinski definition) is 0. The summed E-state index contributed by atoms with van der Waals surface area (Å²) in [5.74, 6) is 0.625. The summed E-state index contributed by atoms with van der Waals surface area (Å²) in [6, 6.07) is 10.8. The van der Waals surface area contributed by atoms with Crippen LogP contribution in [0.5, 0.6) is 0 Å². The fourth-order valence-corrected chi connectivity index (χ4v) is 3.32. The van der Waals surface area contributed by atoms with Gasteiger partial charge in [0.05, 0.1) is 5.52 Å². The molecule has 1 aromatic carbocycles. The summed E-state index contributed by atoms with van der Waals surface area (Å²) in [4.78, 5) is 4.37. The maximum Gasteiger partial charge on any atom is 0.0702 e. The molecule has 3 rings (SSSR count). The van der Waals surface area contributed by atoms with Crippen LogP contribution in [0.4, 0.5) is 0 Å². The second-order valence-corrected chi connectivity index (χ2v) is 5.89. The summed E-state index contributed by atoms with van der Waals surface area (Å²) < 4.78 is 0. The topological polar surface area (TPSA) is 12.9 Å². The van der Waals surface area contributed by atoms with Crippen molar-refractivity contribution in [2.75, 3.05) is 0 Å². The van der Waals surface area contributed by atoms with Gasteiger partial charge in [-0.15, -0.1) is 11.6 Å². The zero-order valence-electron chi connectivity index (χ0n) is 10.5. The molecule has 2 heteroatoms. The molecule has 1 aliphatic rings. The van der Waals surface area contributed by atoms with Crippen molar-refractivity contribution < 1.29 is 0 Å². The summed E-state index contributed by atoms with van der Waals surface area (Å²) in [6.07, 6.45) is 8.00. The second-order valence-electron chi connectivity index (χ2n) is 5.27. The van der Waals surface area contributed by atoms with Crippen molar-refractivity contribution in [1.29, 1.82) is 0 Å². The highest BCUT2D eigenvalue weighted by Gasteiger charge is 2.20. The smallest absolute Gasteiger partial charge is 0.0702 e. The predicted molar refractivity (Wildman–Crippen MR) is 77.2 cm³/mol. The van der Waals surface area contributed by atoms with E-state index in [1.54, 1.807) is 0 Å². The summed E-state index contributed by atoms with van der Waals surface area (Å²) in [5.41, 5.74) is 2.51. The van der Waals surface area contributed by atoms with E-state index < -0.39 is 0 Å². The van der Waals surface area contributed by atoms with E-state index in [9.17, 15) is 0 Å². The Morgan fingerprint density at radius 1 is 1.11 bits per heavy atom. The molecule has 1 aromatic heterocycles. The molecule has 1 fully saturated rings. The third kappa shape index (κ3) is 2.51. The molecular weight excluding hydrogens is 242 g/mol. The summed E-state index contributed by atoms with van der Waals surface area (Å²) in [5, 5.41) is 1.59. The minimum atomic E-state index is 0.349. The first-order valence-electron chi connectivity index (χ1n) is 6.82. The van der Waals surface area contributed by atoms with E-state index in [2.05, 4.69) is 29.2 Å². The van der Waals surface area contributed by atoms with Gasteiger partial charge < -0.3 is 0 Å². The van der Waals surface area contributed by atoms with Gasteiger partial charge in [0.15, 0.2) is 0 Å². The van der Waals surface area contributed by atoms with Crippen LogP contribution in [0.25, 0.3) is 10.9 Å². The number of halogens is 1. The number of nitrogens with zero attached hydrogens (tertiary/aromatic N) is 1. The number of pyridine rings is 1. The lowest BCUT2D eigenvalue weighted by atomic mass is 9.91. The van der Waals surface area contributed by atoms with E-state index in [1.165, 1.54) is 36.6 Å². The summed E-state index contributed by atoms with van der Waals surface area (Å²) >= 11 is 6.37. The molecule has 18 heavy (non-hydrogen) atoms. The molecule has 2 atom stereocenters. The lowest BCUT2D eigenvalue weighted by molar-refractivity contribution is 0.596. The Hall–Kier alpha value is -1.08. The van der Waals surface area contributed by atoms with Crippen LogP contribution < -0.4 is 0 Å². The molecule has 1 heterocycles. The predicted octanol–water partition coefficient (Wildman–Crippen LogP) is 4.89. The minimum absolute atomic E-state index is 0.349. The van der Waals surface area contributed by atoms with Gasteiger partial charge in [0.1, 0.15) is 0 Å². The van der Waals surface area contributed by atoms with Gasteiger partial charge in [0, 0.05) is 17.0 Å². The molecule has 0 N–H and O–H groups in total. The molecule has 94 valence electrons. The van der Waals surface area contributed by atoms with E-state index in [-0.39, 0.29) is 0 Å². The van der Waals surface area contributed by atoms with Crippen LogP contribution in [-0.4, -0.2) is 10.4 Å². The summed E-state index contributed by atoms with van der Waals surface area (Å²) in [6.45, 7) is 0. The summed E-state index contributed by atoms with van der Waals surface area (Å²) in [7, 11) is 0. The first-order chi connectivity index (χ1) is 8.83. The van der Waals surface area contributed by atoms with Crippen molar-refractivity contribution in [2.24, 2.45) is 0 Å². The van der Waals surface area contributed by atoms with Gasteiger partial charge >= 0.3 is 0 Å². The highest BCUT2D eigenvalue weighted by atomic mass is 35.5. The second kappa shape index (κ2) is 5.27. The van der Waals surface area contributed by atoms with Crippen molar-refractivity contribution in [1.82, 2.24) is 4.98 Å². The Morgan fingerprint density at radius 3 is 2.94 bits per heavy atom. The number of benzene rings is 1. The van der Waals surface area contributed by atoms with Crippen LogP contribution in [0.3, 0.4) is 0 Å². The fraction of sp³-hybridized carbons (Fsp3) is 0.438. The molecule has 0 spiro atoms. The molecule has 1 saturated carbocycles. The van der Waals surface area contributed by atoms with Crippen molar-refractivity contribution in [2.45, 2.75) is 43.4 Å². The van der Waals surface area contributed by atoms with Crippen molar-refractivity contribution in [3.63, 3.8) is 0 Å². The van der Waals surface area contributed by atoms with Gasteiger partial charge in [0.2, 0.25) is 0 Å². The zero-order chi connectivity index (χ0) is 12.4. The van der Waals surface area contributed by atoms with E-state index in [0.717, 1.165) is 11.9 Å². The van der Waals surface area contributed by atoms with E-state index in [0.29, 0.717) is 11.3 Å². The quantitative estimate of drug-likeness (QED) is 0.525. The number of aromatic nitrogens is 1. The van der Waals surface area contributed by atoms with Crippen molar-refractivity contribution in [3.8, 4) is 0 Å². The molecular formula is C16H18ClN. The van der Waals surface area contributed by atoms with Crippen LogP contribution in [0, 0.1) is 0 Å². The molecule has 0 bridgehead atoms. The number of alkyl halides is 1. The molecule has 0 radical (unpaired) electrons. The van der Waals surface area contributed by atoms with E-state index in [4.69, 9.17) is 11.6 Å². The molecule has 2 aromatic rings. The van der Waals surface area contributed by atoms with Crippen molar-refractivity contribution in [3.05, 3.63) is 42.1 Å². The van der Waals surface area contributed by atoms with E-state index in [1.807, 2.05) is 12.3 Å². The third-order valence-electron chi connectivity index (χ3n) is 3.96. The van der Waals surface area contributed by atoms with Gasteiger partial charge in [-0.1, -0.05) is 25.0 Å². The Morgan fingerprint density at radius 2 is 2.00 bits per heavy atom. The molecule has 0 aliphatic heterocycles. The highest BCUT2D eigenvalue weighted by molar-refractivity contribution is 6.20. The Kier molecular flexibility index (Phi) is 3.51. The molecule has 1 aliphatic carbocycles. The fourth-order valence-electron chi connectivity index (χ4n) is 2.95. The molecule has 2 unspecified atom stereocenters. The monoisotopic (exact) mass is 259 g/mol. The molecule has 0 saturated heterocycles. The first-order valence-corrected chi connectivity index (χ1v) is 7.25. The van der Waals surface area contributed by atoms with E-state index >= 15 is 0 Å². The lowest BCUT2D eigenvalue weighted by Crippen LogP contribution is -2.04. The molecule has 0 amide bonds.